The summed E-state index contributed by atoms with van der Waals surface area (Å²) >= 11 is 1.38. The molecule has 0 aliphatic carbocycles. The second-order valence-electron chi connectivity index (χ2n) is 6.14. The number of pyridine rings is 1. The maximum Gasteiger partial charge on any atom is 0.206 e. The van der Waals surface area contributed by atoms with Crippen LogP contribution < -0.4 is 5.32 Å². The van der Waals surface area contributed by atoms with Crippen LogP contribution in [-0.4, -0.2) is 38.0 Å². The van der Waals surface area contributed by atoms with Crippen molar-refractivity contribution >= 4 is 27.2 Å². The molecule has 0 amide bonds. The van der Waals surface area contributed by atoms with Crippen molar-refractivity contribution in [1.29, 1.82) is 0 Å². The Morgan fingerprint density at radius 3 is 2.67 bits per heavy atom. The van der Waals surface area contributed by atoms with E-state index in [2.05, 4.69) is 20.5 Å². The Morgan fingerprint density at radius 1 is 1.00 bits per heavy atom. The van der Waals surface area contributed by atoms with Crippen molar-refractivity contribution in [2.75, 3.05) is 11.9 Å². The molecular weight excluding hydrogens is 360 g/mol. The van der Waals surface area contributed by atoms with Gasteiger partial charge in [-0.15, -0.1) is 10.2 Å². The fourth-order valence-corrected chi connectivity index (χ4v) is 3.68. The molecule has 0 radical (unpaired) electrons. The molecule has 2 heterocycles. The first-order valence-electron chi connectivity index (χ1n) is 8.52. The van der Waals surface area contributed by atoms with Gasteiger partial charge in [0.05, 0.1) is 12.6 Å². The van der Waals surface area contributed by atoms with Gasteiger partial charge in [0.1, 0.15) is 11.1 Å². The predicted octanol–water partition coefficient (Wildman–Crippen LogP) is 3.26. The number of nitrogens with zero attached hydrogens (tertiary/aromatic N) is 3. The molecule has 27 heavy (non-hydrogen) atoms. The summed E-state index contributed by atoms with van der Waals surface area (Å²) in [6, 6.07) is 16.6. The summed E-state index contributed by atoms with van der Waals surface area (Å²) in [5.41, 5.74) is 1.69. The molecular formula is C20H18N4O2S. The van der Waals surface area contributed by atoms with E-state index in [1.54, 1.807) is 6.20 Å². The van der Waals surface area contributed by atoms with E-state index in [1.807, 2.05) is 60.8 Å². The largest absolute Gasteiger partial charge is 0.394 e. The summed E-state index contributed by atoms with van der Waals surface area (Å²) in [5.74, 6) is 0. The van der Waals surface area contributed by atoms with E-state index < -0.39 is 12.1 Å². The highest BCUT2D eigenvalue weighted by molar-refractivity contribution is 7.18. The normalized spacial score (nSPS) is 13.4. The van der Waals surface area contributed by atoms with Gasteiger partial charge in [0.25, 0.3) is 0 Å². The van der Waals surface area contributed by atoms with E-state index >= 15 is 0 Å². The fraction of sp³-hybridized carbons (Fsp3) is 0.150. The lowest BCUT2D eigenvalue weighted by atomic mass is 10.0. The number of aromatic nitrogens is 3. The van der Waals surface area contributed by atoms with Gasteiger partial charge in [0, 0.05) is 23.3 Å². The molecule has 0 saturated carbocycles. The van der Waals surface area contributed by atoms with Gasteiger partial charge < -0.3 is 15.5 Å². The van der Waals surface area contributed by atoms with Crippen LogP contribution in [0, 0.1) is 0 Å². The number of hydrogen-bond acceptors (Lipinski definition) is 7. The van der Waals surface area contributed by atoms with Gasteiger partial charge in [0.15, 0.2) is 0 Å². The highest BCUT2D eigenvalue weighted by Crippen LogP contribution is 2.30. The van der Waals surface area contributed by atoms with E-state index in [-0.39, 0.29) is 6.61 Å². The Bertz CT molecular complexity index is 1040. The van der Waals surface area contributed by atoms with Crippen molar-refractivity contribution in [3.8, 4) is 10.6 Å². The minimum absolute atomic E-state index is 0.228. The molecule has 2 atom stereocenters. The third-order valence-corrected chi connectivity index (χ3v) is 5.24. The Hall–Kier alpha value is -2.87. The van der Waals surface area contributed by atoms with Crippen LogP contribution in [0.5, 0.6) is 0 Å². The summed E-state index contributed by atoms with van der Waals surface area (Å²) in [4.78, 5) is 4.12. The summed E-state index contributed by atoms with van der Waals surface area (Å²) < 4.78 is 0. The maximum absolute atomic E-state index is 10.5. The number of fused-ring (bicyclic) bond motifs is 1. The Kier molecular flexibility index (Phi) is 5.06. The zero-order valence-electron chi connectivity index (χ0n) is 14.4. The molecule has 2 aromatic heterocycles. The molecule has 0 saturated heterocycles. The lowest BCUT2D eigenvalue weighted by Gasteiger charge is -2.21. The van der Waals surface area contributed by atoms with E-state index in [1.165, 1.54) is 11.3 Å². The monoisotopic (exact) mass is 378 g/mol. The van der Waals surface area contributed by atoms with Gasteiger partial charge >= 0.3 is 0 Å². The van der Waals surface area contributed by atoms with Crippen LogP contribution in [0.2, 0.25) is 0 Å². The summed E-state index contributed by atoms with van der Waals surface area (Å²) in [6.45, 7) is -0.228. The molecule has 0 spiro atoms. The second kappa shape index (κ2) is 7.79. The molecule has 3 N–H and O–H groups in total. The minimum atomic E-state index is -0.850. The summed E-state index contributed by atoms with van der Waals surface area (Å²) in [5, 5.41) is 35.2. The quantitative estimate of drug-likeness (QED) is 0.477. The molecule has 0 aliphatic rings. The van der Waals surface area contributed by atoms with E-state index in [0.717, 1.165) is 26.9 Å². The van der Waals surface area contributed by atoms with Gasteiger partial charge in [-0.05, 0) is 23.1 Å². The first kappa shape index (κ1) is 17.5. The molecule has 7 heteroatoms. The van der Waals surface area contributed by atoms with Crippen molar-refractivity contribution in [3.05, 3.63) is 72.6 Å². The lowest BCUT2D eigenvalue weighted by molar-refractivity contribution is 0.118. The standard InChI is InChI=1S/C20H18N4O2S/c25-12-17(18(26)13-4-2-1-3-5-13)22-20-24-23-19(27-20)15-6-7-16-11-21-9-8-14(16)10-15/h1-11,17-18,25-26H,12H2,(H,22,24)/t17-,18-/m0/s1. The van der Waals surface area contributed by atoms with Crippen LogP contribution in [0.1, 0.15) is 11.7 Å². The minimum Gasteiger partial charge on any atom is -0.394 e. The molecule has 2 aromatic carbocycles. The summed E-state index contributed by atoms with van der Waals surface area (Å²) in [6.07, 6.45) is 2.73. The lowest BCUT2D eigenvalue weighted by Crippen LogP contribution is -2.31. The van der Waals surface area contributed by atoms with Crippen molar-refractivity contribution in [2.24, 2.45) is 0 Å². The number of rotatable bonds is 6. The Balaban J connectivity index is 1.54. The van der Waals surface area contributed by atoms with E-state index in [9.17, 15) is 10.2 Å². The molecule has 0 bridgehead atoms. The van der Waals surface area contributed by atoms with Gasteiger partial charge in [-0.2, -0.15) is 0 Å². The van der Waals surface area contributed by atoms with Gasteiger partial charge in [-0.1, -0.05) is 53.8 Å². The Labute approximate surface area is 160 Å². The van der Waals surface area contributed by atoms with Crippen LogP contribution in [0.4, 0.5) is 5.13 Å². The van der Waals surface area contributed by atoms with Gasteiger partial charge in [-0.25, -0.2) is 0 Å². The average Bonchev–Trinajstić information content (AvgIpc) is 3.20. The summed E-state index contributed by atoms with van der Waals surface area (Å²) in [7, 11) is 0. The zero-order chi connectivity index (χ0) is 18.6. The number of aliphatic hydroxyl groups excluding tert-OH is 2. The van der Waals surface area contributed by atoms with Crippen molar-refractivity contribution in [3.63, 3.8) is 0 Å². The Morgan fingerprint density at radius 2 is 1.85 bits per heavy atom. The average molecular weight is 378 g/mol. The van der Waals surface area contributed by atoms with Crippen molar-refractivity contribution < 1.29 is 10.2 Å². The number of benzene rings is 2. The molecule has 0 unspecified atom stereocenters. The molecule has 136 valence electrons. The van der Waals surface area contributed by atoms with Crippen LogP contribution in [0.25, 0.3) is 21.3 Å². The van der Waals surface area contributed by atoms with E-state index in [4.69, 9.17) is 0 Å². The van der Waals surface area contributed by atoms with Crippen LogP contribution in [0.15, 0.2) is 67.0 Å². The van der Waals surface area contributed by atoms with Gasteiger partial charge in [-0.3, -0.25) is 4.98 Å². The highest BCUT2D eigenvalue weighted by Gasteiger charge is 2.21. The number of hydrogen-bond donors (Lipinski definition) is 3. The smallest absolute Gasteiger partial charge is 0.206 e. The maximum atomic E-state index is 10.5. The van der Waals surface area contributed by atoms with Crippen molar-refractivity contribution in [1.82, 2.24) is 15.2 Å². The molecule has 4 aromatic rings. The molecule has 6 nitrogen and oxygen atoms in total. The van der Waals surface area contributed by atoms with E-state index in [0.29, 0.717) is 5.13 Å². The highest BCUT2D eigenvalue weighted by atomic mass is 32.1. The third-order valence-electron chi connectivity index (χ3n) is 4.34. The molecule has 0 aliphatic heterocycles. The number of aliphatic hydroxyl groups is 2. The zero-order valence-corrected chi connectivity index (χ0v) is 15.2. The van der Waals surface area contributed by atoms with Crippen LogP contribution in [0.3, 0.4) is 0 Å². The third kappa shape index (κ3) is 3.80. The molecule has 0 fully saturated rings. The molecule has 4 rings (SSSR count). The second-order valence-corrected chi connectivity index (χ2v) is 7.12. The first-order chi connectivity index (χ1) is 13.2. The first-order valence-corrected chi connectivity index (χ1v) is 9.34. The number of anilines is 1. The van der Waals surface area contributed by atoms with Crippen LogP contribution in [-0.2, 0) is 0 Å². The van der Waals surface area contributed by atoms with Crippen LogP contribution >= 0.6 is 11.3 Å². The fourth-order valence-electron chi connectivity index (χ4n) is 2.88. The topological polar surface area (TPSA) is 91.2 Å². The van der Waals surface area contributed by atoms with Crippen molar-refractivity contribution in [2.45, 2.75) is 12.1 Å². The SMILES string of the molecule is OC[C@H](Nc1nnc(-c2ccc3cnccc3c2)s1)[C@@H](O)c1ccccc1. The number of nitrogens with one attached hydrogen (secondary N) is 1. The predicted molar refractivity (Wildman–Crippen MR) is 107 cm³/mol. The van der Waals surface area contributed by atoms with Gasteiger partial charge in [0.2, 0.25) is 5.13 Å².